The van der Waals surface area contributed by atoms with E-state index in [0.29, 0.717) is 24.0 Å². The van der Waals surface area contributed by atoms with Crippen molar-refractivity contribution < 1.29 is 14.3 Å². The second-order valence-electron chi connectivity index (χ2n) is 7.84. The molecule has 1 amide bonds. The minimum atomic E-state index is -0.257. The first-order valence-corrected chi connectivity index (χ1v) is 10.6. The van der Waals surface area contributed by atoms with Crippen LogP contribution in [0.3, 0.4) is 0 Å². The molecule has 0 aliphatic carbocycles. The molecule has 0 saturated carbocycles. The number of rotatable bonds is 8. The lowest BCUT2D eigenvalue weighted by Gasteiger charge is -2.11. The summed E-state index contributed by atoms with van der Waals surface area (Å²) in [4.78, 5) is 30.7. The number of methoxy groups -OCH3 is 2. The van der Waals surface area contributed by atoms with Crippen LogP contribution < -0.4 is 14.8 Å². The topological polar surface area (TPSA) is 105 Å². The number of amides is 1. The van der Waals surface area contributed by atoms with Crippen LogP contribution in [0.5, 0.6) is 11.8 Å². The highest BCUT2D eigenvalue weighted by atomic mass is 16.5. The van der Waals surface area contributed by atoms with Crippen molar-refractivity contribution in [3.8, 4) is 34.0 Å². The summed E-state index contributed by atoms with van der Waals surface area (Å²) in [6.45, 7) is 0.664. The van der Waals surface area contributed by atoms with Crippen LogP contribution >= 0.6 is 0 Å². The molecular weight excluding hydrogens is 432 g/mol. The second kappa shape index (κ2) is 10.1. The number of H-pyrrole nitrogens is 1. The third-order valence-corrected chi connectivity index (χ3v) is 5.16. The predicted octanol–water partition coefficient (Wildman–Crippen LogP) is 3.76. The van der Waals surface area contributed by atoms with E-state index in [-0.39, 0.29) is 5.91 Å². The first kappa shape index (κ1) is 22.9. The predicted molar refractivity (Wildman–Crippen MR) is 132 cm³/mol. The van der Waals surface area contributed by atoms with E-state index in [1.165, 1.54) is 13.2 Å². The van der Waals surface area contributed by atoms with Gasteiger partial charge >= 0.3 is 0 Å². The molecule has 0 atom stereocenters. The third kappa shape index (κ3) is 5.05. The number of carbonyl (C=O) groups is 1. The normalized spacial score (nSPS) is 11.3. The fourth-order valence-electron chi connectivity index (χ4n) is 3.50. The maximum atomic E-state index is 12.4. The number of aromatic nitrogens is 4. The number of carbonyl (C=O) groups excluding carboxylic acids is 1. The molecule has 174 valence electrons. The molecular formula is C25H26N6O3. The van der Waals surface area contributed by atoms with E-state index >= 15 is 0 Å². The Bertz CT molecular complexity index is 1350. The van der Waals surface area contributed by atoms with Gasteiger partial charge in [-0.15, -0.1) is 0 Å². The van der Waals surface area contributed by atoms with Gasteiger partial charge in [0, 0.05) is 65.6 Å². The molecule has 9 nitrogen and oxygen atoms in total. The van der Waals surface area contributed by atoms with Crippen LogP contribution in [0, 0.1) is 0 Å². The molecule has 0 saturated heterocycles. The summed E-state index contributed by atoms with van der Waals surface area (Å²) in [5, 5.41) is 3.79. The molecule has 4 aromatic heterocycles. The number of nitrogens with one attached hydrogen (secondary N) is 2. The summed E-state index contributed by atoms with van der Waals surface area (Å²) in [7, 11) is 6.98. The summed E-state index contributed by atoms with van der Waals surface area (Å²) in [5.74, 6) is 0.612. The van der Waals surface area contributed by atoms with E-state index < -0.39 is 0 Å². The molecule has 4 rings (SSSR count). The maximum Gasteiger partial charge on any atom is 0.248 e. The van der Waals surface area contributed by atoms with Crippen LogP contribution in [0.2, 0.25) is 0 Å². The lowest BCUT2D eigenvalue weighted by Crippen LogP contribution is -2.13. The molecule has 0 unspecified atom stereocenters. The van der Waals surface area contributed by atoms with Gasteiger partial charge in [0.15, 0.2) is 0 Å². The molecule has 0 aliphatic rings. The Balaban J connectivity index is 1.68. The number of hydrogen-bond acceptors (Lipinski definition) is 7. The highest BCUT2D eigenvalue weighted by Crippen LogP contribution is 2.33. The molecule has 0 radical (unpaired) electrons. The summed E-state index contributed by atoms with van der Waals surface area (Å²) in [6, 6.07) is 7.66. The highest BCUT2D eigenvalue weighted by molar-refractivity contribution is 6.01. The molecule has 0 aromatic carbocycles. The number of ether oxygens (including phenoxy) is 2. The monoisotopic (exact) mass is 458 g/mol. The van der Waals surface area contributed by atoms with Gasteiger partial charge in [0.05, 0.1) is 14.2 Å². The van der Waals surface area contributed by atoms with Crippen molar-refractivity contribution in [1.82, 2.24) is 24.8 Å². The van der Waals surface area contributed by atoms with Crippen LogP contribution in [0.25, 0.3) is 33.3 Å². The Labute approximate surface area is 197 Å². The van der Waals surface area contributed by atoms with E-state index in [1.807, 2.05) is 49.5 Å². The first-order valence-electron chi connectivity index (χ1n) is 10.6. The number of fused-ring (bicyclic) bond motifs is 1. The standard InChI is InChI=1S/C25H26N6O3/c1-31(2)9-5-6-22(32)30-21-11-18(14-29-25(21)34-4)17-10-19-20(15-28-24(19)27-13-17)16-7-8-26-23(12-16)33-3/h5-8,10-15H,9H2,1-4H3,(H,27,28)(H,30,32)/b6-5+. The van der Waals surface area contributed by atoms with Crippen LogP contribution in [0.1, 0.15) is 0 Å². The number of hydrogen-bond donors (Lipinski definition) is 2. The van der Waals surface area contributed by atoms with Crippen molar-refractivity contribution in [3.63, 3.8) is 0 Å². The van der Waals surface area contributed by atoms with Gasteiger partial charge in [-0.2, -0.15) is 0 Å². The zero-order valence-electron chi connectivity index (χ0n) is 19.5. The van der Waals surface area contributed by atoms with E-state index in [1.54, 1.807) is 31.8 Å². The van der Waals surface area contributed by atoms with E-state index in [4.69, 9.17) is 9.47 Å². The number of pyridine rings is 3. The third-order valence-electron chi connectivity index (χ3n) is 5.16. The molecule has 0 spiro atoms. The largest absolute Gasteiger partial charge is 0.481 e. The summed E-state index contributed by atoms with van der Waals surface area (Å²) in [6.07, 6.45) is 10.4. The van der Waals surface area contributed by atoms with Gasteiger partial charge in [0.25, 0.3) is 0 Å². The van der Waals surface area contributed by atoms with E-state index in [2.05, 4.69) is 25.3 Å². The Hall–Kier alpha value is -4.24. The van der Waals surface area contributed by atoms with Crippen molar-refractivity contribution in [2.75, 3.05) is 40.2 Å². The Morgan fingerprint density at radius 3 is 2.62 bits per heavy atom. The minimum absolute atomic E-state index is 0.257. The van der Waals surface area contributed by atoms with Crippen molar-refractivity contribution in [2.45, 2.75) is 0 Å². The van der Waals surface area contributed by atoms with Crippen LogP contribution in [0.15, 0.2) is 61.2 Å². The Morgan fingerprint density at radius 1 is 1.06 bits per heavy atom. The van der Waals surface area contributed by atoms with Crippen LogP contribution in [0.4, 0.5) is 5.69 Å². The van der Waals surface area contributed by atoms with E-state index in [0.717, 1.165) is 33.3 Å². The molecule has 4 heterocycles. The van der Waals surface area contributed by atoms with Gasteiger partial charge in [0.1, 0.15) is 11.3 Å². The fourth-order valence-corrected chi connectivity index (χ4v) is 3.50. The minimum Gasteiger partial charge on any atom is -0.481 e. The summed E-state index contributed by atoms with van der Waals surface area (Å²) in [5.41, 5.74) is 4.82. The SMILES string of the molecule is COc1cc(-c2c[nH]c3ncc(-c4cnc(OC)c(NC(=O)/C=C/CN(C)C)c4)cc23)ccn1. The van der Waals surface area contributed by atoms with Gasteiger partial charge in [-0.25, -0.2) is 15.0 Å². The van der Waals surface area contributed by atoms with Gasteiger partial charge in [0.2, 0.25) is 17.7 Å². The smallest absolute Gasteiger partial charge is 0.248 e. The van der Waals surface area contributed by atoms with Crippen LogP contribution in [-0.4, -0.2) is 65.6 Å². The van der Waals surface area contributed by atoms with Gasteiger partial charge < -0.3 is 24.7 Å². The molecule has 0 aliphatic heterocycles. The fraction of sp³-hybridized carbons (Fsp3) is 0.200. The second-order valence-corrected chi connectivity index (χ2v) is 7.84. The molecule has 2 N–H and O–H groups in total. The quantitative estimate of drug-likeness (QED) is 0.387. The number of likely N-dealkylation sites (N-methyl/N-ethyl adjacent to an activating group) is 1. The molecule has 4 aromatic rings. The average Bonchev–Trinajstić information content (AvgIpc) is 3.27. The molecule has 0 fully saturated rings. The lowest BCUT2D eigenvalue weighted by molar-refractivity contribution is -0.111. The van der Waals surface area contributed by atoms with Gasteiger partial charge in [-0.05, 0) is 37.9 Å². The van der Waals surface area contributed by atoms with Crippen molar-refractivity contribution in [2.24, 2.45) is 0 Å². The first-order chi connectivity index (χ1) is 16.5. The number of nitrogens with zero attached hydrogens (tertiary/aromatic N) is 4. The van der Waals surface area contributed by atoms with Gasteiger partial charge in [-0.1, -0.05) is 6.08 Å². The maximum absolute atomic E-state index is 12.4. The van der Waals surface area contributed by atoms with Crippen molar-refractivity contribution >= 4 is 22.6 Å². The zero-order valence-corrected chi connectivity index (χ0v) is 19.5. The van der Waals surface area contributed by atoms with Crippen molar-refractivity contribution in [3.05, 3.63) is 61.2 Å². The Morgan fingerprint density at radius 2 is 1.85 bits per heavy atom. The zero-order chi connectivity index (χ0) is 24.1. The average molecular weight is 459 g/mol. The molecule has 9 heteroatoms. The molecule has 0 bridgehead atoms. The number of anilines is 1. The highest BCUT2D eigenvalue weighted by Gasteiger charge is 2.13. The Kier molecular flexibility index (Phi) is 6.84. The lowest BCUT2D eigenvalue weighted by atomic mass is 10.0. The number of aromatic amines is 1. The van der Waals surface area contributed by atoms with Gasteiger partial charge in [-0.3, -0.25) is 4.79 Å². The van der Waals surface area contributed by atoms with Crippen molar-refractivity contribution in [1.29, 1.82) is 0 Å². The van der Waals surface area contributed by atoms with Crippen LogP contribution in [-0.2, 0) is 4.79 Å². The molecule has 34 heavy (non-hydrogen) atoms. The van der Waals surface area contributed by atoms with E-state index in [9.17, 15) is 4.79 Å². The summed E-state index contributed by atoms with van der Waals surface area (Å²) >= 11 is 0. The summed E-state index contributed by atoms with van der Waals surface area (Å²) < 4.78 is 10.6.